The molecule has 1 aromatic heterocycles. The van der Waals surface area contributed by atoms with Gasteiger partial charge in [0.05, 0.1) is 4.88 Å². The van der Waals surface area contributed by atoms with E-state index in [1.165, 1.54) is 11.3 Å². The van der Waals surface area contributed by atoms with Crippen LogP contribution in [0.15, 0.2) is 29.6 Å². The Bertz CT molecular complexity index is 773. The molecule has 120 valence electrons. The van der Waals surface area contributed by atoms with Gasteiger partial charge in [-0.1, -0.05) is 6.07 Å². The Balaban J connectivity index is 2.03. The molecule has 0 radical (unpaired) electrons. The van der Waals surface area contributed by atoms with E-state index in [2.05, 4.69) is 0 Å². The third-order valence-corrected chi connectivity index (χ3v) is 4.62. The summed E-state index contributed by atoms with van der Waals surface area (Å²) in [5.74, 6) is -3.73. The molecule has 1 fully saturated rings. The number of halogens is 2. The highest BCUT2D eigenvalue weighted by Crippen LogP contribution is 2.34. The minimum absolute atomic E-state index is 0.419. The predicted molar refractivity (Wildman–Crippen MR) is 77.8 cm³/mol. The number of benzene rings is 1. The minimum Gasteiger partial charge on any atom is -0.302 e. The summed E-state index contributed by atoms with van der Waals surface area (Å²) >= 11 is 1.24. The number of hydrogen-bond acceptors (Lipinski definition) is 4. The molecule has 1 unspecified atom stereocenters. The lowest BCUT2D eigenvalue weighted by Gasteiger charge is -2.25. The number of hydroxylamine groups is 2. The second kappa shape index (κ2) is 5.71. The van der Waals surface area contributed by atoms with Gasteiger partial charge in [-0.2, -0.15) is 5.06 Å². The van der Waals surface area contributed by atoms with Crippen LogP contribution in [0.1, 0.15) is 27.0 Å². The van der Waals surface area contributed by atoms with Crippen molar-refractivity contribution in [3.63, 3.8) is 0 Å². The first-order chi connectivity index (χ1) is 10.9. The molecular formula is C15H12F2N2O3S. The molecule has 0 spiro atoms. The van der Waals surface area contributed by atoms with Gasteiger partial charge in [-0.15, -0.1) is 11.3 Å². The van der Waals surface area contributed by atoms with Crippen molar-refractivity contribution in [2.45, 2.75) is 13.1 Å². The van der Waals surface area contributed by atoms with E-state index in [-0.39, 0.29) is 0 Å². The first-order valence-electron chi connectivity index (χ1n) is 6.71. The Morgan fingerprint density at radius 3 is 2.57 bits per heavy atom. The van der Waals surface area contributed by atoms with E-state index >= 15 is 0 Å². The maximum absolute atomic E-state index is 13.8. The van der Waals surface area contributed by atoms with E-state index in [0.29, 0.717) is 9.94 Å². The number of hydrogen-bond donors (Lipinski definition) is 1. The van der Waals surface area contributed by atoms with Gasteiger partial charge >= 0.3 is 0 Å². The van der Waals surface area contributed by atoms with E-state index in [9.17, 15) is 23.6 Å². The Morgan fingerprint density at radius 2 is 2.00 bits per heavy atom. The third kappa shape index (κ3) is 2.60. The van der Waals surface area contributed by atoms with Crippen LogP contribution >= 0.6 is 11.3 Å². The number of amides is 2. The molecular weight excluding hydrogens is 326 g/mol. The molecule has 23 heavy (non-hydrogen) atoms. The Labute approximate surface area is 134 Å². The van der Waals surface area contributed by atoms with Crippen LogP contribution in [0, 0.1) is 18.6 Å². The summed E-state index contributed by atoms with van der Waals surface area (Å²) in [6.45, 7) is 1.37. The summed E-state index contributed by atoms with van der Waals surface area (Å²) in [4.78, 5) is 25.8. The minimum atomic E-state index is -1.09. The fourth-order valence-electron chi connectivity index (χ4n) is 2.46. The fourth-order valence-corrected chi connectivity index (χ4v) is 3.46. The average molecular weight is 338 g/mol. The Hall–Kier alpha value is -2.32. The molecule has 2 amide bonds. The molecule has 1 atom stereocenters. The second-order valence-electron chi connectivity index (χ2n) is 5.17. The summed E-state index contributed by atoms with van der Waals surface area (Å²) < 4.78 is 27.7. The van der Waals surface area contributed by atoms with Gasteiger partial charge in [0.25, 0.3) is 11.8 Å². The summed E-state index contributed by atoms with van der Waals surface area (Å²) in [5, 5.41) is 12.1. The summed E-state index contributed by atoms with van der Waals surface area (Å²) in [6, 6.07) is 4.79. The summed E-state index contributed by atoms with van der Waals surface area (Å²) in [6.07, 6.45) is -1.09. The summed E-state index contributed by atoms with van der Waals surface area (Å²) in [7, 11) is 0. The third-order valence-electron chi connectivity index (χ3n) is 3.53. The van der Waals surface area contributed by atoms with E-state index in [1.807, 2.05) is 6.92 Å². The van der Waals surface area contributed by atoms with Crippen LogP contribution in [0.4, 0.5) is 8.78 Å². The van der Waals surface area contributed by atoms with E-state index in [0.717, 1.165) is 28.7 Å². The number of carbonyl (C=O) groups excluding carboxylic acids is 2. The SMILES string of the molecule is Cc1csc(C2N(O)C(=O)CN2C(=O)c2c(F)cccc2F)c1. The predicted octanol–water partition coefficient (Wildman–Crippen LogP) is 2.71. The van der Waals surface area contributed by atoms with Crippen LogP contribution in [0.2, 0.25) is 0 Å². The fraction of sp³-hybridized carbons (Fsp3) is 0.200. The van der Waals surface area contributed by atoms with Gasteiger partial charge in [0.1, 0.15) is 23.7 Å². The van der Waals surface area contributed by atoms with Gasteiger partial charge in [-0.25, -0.2) is 8.78 Å². The number of carbonyl (C=O) groups is 2. The van der Waals surface area contributed by atoms with E-state index in [1.54, 1.807) is 11.4 Å². The van der Waals surface area contributed by atoms with Crippen molar-refractivity contribution in [3.05, 3.63) is 57.3 Å². The highest BCUT2D eigenvalue weighted by atomic mass is 32.1. The lowest BCUT2D eigenvalue weighted by Crippen LogP contribution is -2.34. The maximum Gasteiger partial charge on any atom is 0.267 e. The zero-order valence-corrected chi connectivity index (χ0v) is 12.8. The first kappa shape index (κ1) is 15.6. The smallest absolute Gasteiger partial charge is 0.267 e. The van der Waals surface area contributed by atoms with E-state index in [4.69, 9.17) is 0 Å². The van der Waals surface area contributed by atoms with Crippen molar-refractivity contribution < 1.29 is 23.6 Å². The molecule has 0 aliphatic carbocycles. The van der Waals surface area contributed by atoms with Crippen molar-refractivity contribution >= 4 is 23.2 Å². The maximum atomic E-state index is 13.8. The molecule has 1 aliphatic heterocycles. The first-order valence-corrected chi connectivity index (χ1v) is 7.59. The molecule has 1 aromatic carbocycles. The average Bonchev–Trinajstić information content (AvgIpc) is 3.03. The molecule has 2 heterocycles. The largest absolute Gasteiger partial charge is 0.302 e. The van der Waals surface area contributed by atoms with Crippen LogP contribution in [0.3, 0.4) is 0 Å². The van der Waals surface area contributed by atoms with Gasteiger partial charge in [0.15, 0.2) is 6.17 Å². The Kier molecular flexibility index (Phi) is 3.87. The van der Waals surface area contributed by atoms with Crippen LogP contribution in [-0.4, -0.2) is 33.5 Å². The van der Waals surface area contributed by atoms with Crippen molar-refractivity contribution in [3.8, 4) is 0 Å². The quantitative estimate of drug-likeness (QED) is 0.857. The number of rotatable bonds is 2. The monoisotopic (exact) mass is 338 g/mol. The lowest BCUT2D eigenvalue weighted by atomic mass is 10.1. The van der Waals surface area contributed by atoms with Gasteiger partial charge in [-0.3, -0.25) is 14.8 Å². The highest BCUT2D eigenvalue weighted by molar-refractivity contribution is 7.10. The van der Waals surface area contributed by atoms with Gasteiger partial charge < -0.3 is 4.90 Å². The molecule has 8 heteroatoms. The molecule has 2 aromatic rings. The molecule has 0 saturated carbocycles. The highest BCUT2D eigenvalue weighted by Gasteiger charge is 2.43. The molecule has 0 bridgehead atoms. The molecule has 1 saturated heterocycles. The zero-order valence-electron chi connectivity index (χ0n) is 12.0. The van der Waals surface area contributed by atoms with Crippen molar-refractivity contribution in [2.24, 2.45) is 0 Å². The van der Waals surface area contributed by atoms with Crippen molar-refractivity contribution in [1.29, 1.82) is 0 Å². The zero-order chi connectivity index (χ0) is 16.7. The second-order valence-corrected chi connectivity index (χ2v) is 6.11. The number of thiophene rings is 1. The molecule has 5 nitrogen and oxygen atoms in total. The molecule has 1 aliphatic rings. The van der Waals surface area contributed by atoms with Crippen LogP contribution < -0.4 is 0 Å². The van der Waals surface area contributed by atoms with Gasteiger partial charge in [0.2, 0.25) is 0 Å². The van der Waals surface area contributed by atoms with Crippen LogP contribution in [-0.2, 0) is 4.79 Å². The van der Waals surface area contributed by atoms with Crippen molar-refractivity contribution in [2.75, 3.05) is 6.54 Å². The Morgan fingerprint density at radius 1 is 1.35 bits per heavy atom. The van der Waals surface area contributed by atoms with Crippen LogP contribution in [0.25, 0.3) is 0 Å². The van der Waals surface area contributed by atoms with E-state index < -0.39 is 41.7 Å². The normalized spacial score (nSPS) is 17.9. The number of nitrogens with zero attached hydrogens (tertiary/aromatic N) is 2. The molecule has 1 N–H and O–H groups in total. The standard InChI is InChI=1S/C15H12F2N2O3S/c1-8-5-11(23-7-8)14-18(6-12(20)19(14)22)15(21)13-9(16)3-2-4-10(13)17/h2-5,7,14,22H,6H2,1H3. The lowest BCUT2D eigenvalue weighted by molar-refractivity contribution is -0.168. The van der Waals surface area contributed by atoms with Crippen LogP contribution in [0.5, 0.6) is 0 Å². The van der Waals surface area contributed by atoms with Gasteiger partial charge in [0, 0.05) is 0 Å². The van der Waals surface area contributed by atoms with Crippen molar-refractivity contribution in [1.82, 2.24) is 9.96 Å². The summed E-state index contributed by atoms with van der Waals surface area (Å²) in [5.41, 5.74) is 0.149. The topological polar surface area (TPSA) is 60.9 Å². The van der Waals surface area contributed by atoms with Gasteiger partial charge in [-0.05, 0) is 36.1 Å². The number of aryl methyl sites for hydroxylation is 1. The molecule has 3 rings (SSSR count).